The average molecular weight is 437 g/mol. The Morgan fingerprint density at radius 3 is 2.12 bits per heavy atom. The lowest BCUT2D eigenvalue weighted by atomic mass is 9.98. The van der Waals surface area contributed by atoms with E-state index in [1.807, 2.05) is 41.3 Å². The molecule has 0 saturated heterocycles. The number of hydrogen-bond acceptors (Lipinski definition) is 2. The van der Waals surface area contributed by atoms with E-state index in [1.165, 1.54) is 18.4 Å². The van der Waals surface area contributed by atoms with Gasteiger partial charge < -0.3 is 10.2 Å². The summed E-state index contributed by atoms with van der Waals surface area (Å²) < 4.78 is 0. The highest BCUT2D eigenvalue weighted by molar-refractivity contribution is 5.77. The van der Waals surface area contributed by atoms with Crippen molar-refractivity contribution in [3.63, 3.8) is 0 Å². The predicted octanol–water partition coefficient (Wildman–Crippen LogP) is 6.08. The van der Waals surface area contributed by atoms with Crippen LogP contribution in [0.2, 0.25) is 0 Å². The summed E-state index contributed by atoms with van der Waals surface area (Å²) in [4.78, 5) is 27.3. The van der Waals surface area contributed by atoms with Crippen LogP contribution in [0.25, 0.3) is 0 Å². The largest absolute Gasteiger partial charge is 0.349 e. The molecule has 0 radical (unpaired) electrons. The fraction of sp³-hybridized carbons (Fsp3) is 0.500. The van der Waals surface area contributed by atoms with E-state index in [2.05, 4.69) is 43.4 Å². The van der Waals surface area contributed by atoms with Crippen LogP contribution in [-0.2, 0) is 16.0 Å². The zero-order valence-corrected chi connectivity index (χ0v) is 19.9. The van der Waals surface area contributed by atoms with Crippen molar-refractivity contribution >= 4 is 11.8 Å². The summed E-state index contributed by atoms with van der Waals surface area (Å²) in [5.41, 5.74) is 2.31. The Kier molecular flexibility index (Phi) is 12.2. The Hall–Kier alpha value is -2.62. The van der Waals surface area contributed by atoms with Crippen LogP contribution >= 0.6 is 0 Å². The van der Waals surface area contributed by atoms with Crippen LogP contribution in [0.4, 0.5) is 0 Å². The molecule has 0 spiro atoms. The van der Waals surface area contributed by atoms with Gasteiger partial charge in [-0.05, 0) is 36.8 Å². The van der Waals surface area contributed by atoms with Gasteiger partial charge in [0.25, 0.3) is 0 Å². The number of rotatable bonds is 15. The molecule has 0 aromatic heterocycles. The third kappa shape index (κ3) is 9.67. The Balaban J connectivity index is 1.86. The predicted molar refractivity (Wildman–Crippen MR) is 132 cm³/mol. The first-order chi connectivity index (χ1) is 15.6. The van der Waals surface area contributed by atoms with Crippen molar-refractivity contribution in [1.82, 2.24) is 10.2 Å². The van der Waals surface area contributed by atoms with Gasteiger partial charge in [0.05, 0.1) is 6.04 Å². The molecular formula is C28H40N2O2. The van der Waals surface area contributed by atoms with Crippen LogP contribution in [0.15, 0.2) is 60.7 Å². The van der Waals surface area contributed by atoms with Crippen molar-refractivity contribution < 1.29 is 9.59 Å². The quantitative estimate of drug-likeness (QED) is 0.344. The minimum atomic E-state index is -0.0574. The highest BCUT2D eigenvalue weighted by Gasteiger charge is 2.17. The van der Waals surface area contributed by atoms with Crippen LogP contribution in [-0.4, -0.2) is 29.8 Å². The lowest BCUT2D eigenvalue weighted by Gasteiger charge is -2.23. The molecule has 1 N–H and O–H groups in total. The molecule has 4 nitrogen and oxygen atoms in total. The second-order valence-corrected chi connectivity index (χ2v) is 8.52. The number of nitrogens with zero attached hydrogens (tertiary/aromatic N) is 1. The zero-order valence-electron chi connectivity index (χ0n) is 19.9. The first kappa shape index (κ1) is 25.6. The molecule has 2 aromatic carbocycles. The topological polar surface area (TPSA) is 49.4 Å². The lowest BCUT2D eigenvalue weighted by molar-refractivity contribution is -0.132. The molecule has 1 atom stereocenters. The summed E-state index contributed by atoms with van der Waals surface area (Å²) in [6, 6.07) is 20.3. The summed E-state index contributed by atoms with van der Waals surface area (Å²) in [7, 11) is 0. The van der Waals surface area contributed by atoms with E-state index in [1.54, 1.807) is 0 Å². The van der Waals surface area contributed by atoms with Gasteiger partial charge in [-0.25, -0.2) is 0 Å². The maximum atomic E-state index is 12.8. The maximum absolute atomic E-state index is 12.8. The van der Waals surface area contributed by atoms with Gasteiger partial charge in [0.15, 0.2) is 0 Å². The number of amides is 2. The van der Waals surface area contributed by atoms with Crippen LogP contribution in [0.1, 0.15) is 82.4 Å². The highest BCUT2D eigenvalue weighted by Crippen LogP contribution is 2.19. The van der Waals surface area contributed by atoms with Gasteiger partial charge in [0, 0.05) is 25.9 Å². The molecule has 0 bridgehead atoms. The molecule has 32 heavy (non-hydrogen) atoms. The SMILES string of the molecule is CCCCCCC(=O)N(CCC)CCCC(=O)NC(Cc1ccccc1)c1ccccc1. The number of carbonyl (C=O) groups is 2. The molecule has 2 rings (SSSR count). The van der Waals surface area contributed by atoms with Gasteiger partial charge in [0.2, 0.25) is 11.8 Å². The average Bonchev–Trinajstić information content (AvgIpc) is 2.82. The van der Waals surface area contributed by atoms with E-state index >= 15 is 0 Å². The van der Waals surface area contributed by atoms with E-state index in [9.17, 15) is 9.59 Å². The first-order valence-electron chi connectivity index (χ1n) is 12.3. The van der Waals surface area contributed by atoms with E-state index < -0.39 is 0 Å². The second kappa shape index (κ2) is 15.2. The van der Waals surface area contributed by atoms with Crippen LogP contribution in [0.5, 0.6) is 0 Å². The summed E-state index contributed by atoms with van der Waals surface area (Å²) in [5, 5.41) is 3.22. The van der Waals surface area contributed by atoms with Gasteiger partial charge in [-0.1, -0.05) is 93.8 Å². The molecule has 1 unspecified atom stereocenters. The number of nitrogens with one attached hydrogen (secondary N) is 1. The molecule has 0 heterocycles. The Morgan fingerprint density at radius 2 is 1.47 bits per heavy atom. The number of benzene rings is 2. The van der Waals surface area contributed by atoms with Crippen molar-refractivity contribution in [2.24, 2.45) is 0 Å². The van der Waals surface area contributed by atoms with Gasteiger partial charge >= 0.3 is 0 Å². The minimum absolute atomic E-state index is 0.0432. The fourth-order valence-corrected chi connectivity index (χ4v) is 3.98. The monoisotopic (exact) mass is 436 g/mol. The van der Waals surface area contributed by atoms with Gasteiger partial charge in [-0.15, -0.1) is 0 Å². The third-order valence-electron chi connectivity index (χ3n) is 5.74. The van der Waals surface area contributed by atoms with E-state index in [0.29, 0.717) is 25.8 Å². The number of carbonyl (C=O) groups excluding carboxylic acids is 2. The van der Waals surface area contributed by atoms with Gasteiger partial charge in [-0.3, -0.25) is 9.59 Å². The number of hydrogen-bond donors (Lipinski definition) is 1. The Labute approximate surface area is 194 Å². The Bertz CT molecular complexity index is 777. The van der Waals surface area contributed by atoms with Crippen molar-refractivity contribution in [2.75, 3.05) is 13.1 Å². The second-order valence-electron chi connectivity index (χ2n) is 8.52. The van der Waals surface area contributed by atoms with E-state index in [0.717, 1.165) is 37.8 Å². The van der Waals surface area contributed by atoms with Crippen molar-refractivity contribution in [1.29, 1.82) is 0 Å². The standard InChI is InChI=1S/C28H40N2O2/c1-3-5-6-13-20-28(32)30(21-4-2)22-14-19-27(31)29-26(25-17-11-8-12-18-25)23-24-15-9-7-10-16-24/h7-12,15-18,26H,3-6,13-14,19-23H2,1-2H3,(H,29,31). The molecule has 4 heteroatoms. The minimum Gasteiger partial charge on any atom is -0.349 e. The van der Waals surface area contributed by atoms with Crippen molar-refractivity contribution in [3.8, 4) is 0 Å². The molecule has 2 aromatic rings. The van der Waals surface area contributed by atoms with Crippen molar-refractivity contribution in [2.45, 2.75) is 77.7 Å². The van der Waals surface area contributed by atoms with Crippen LogP contribution < -0.4 is 5.32 Å². The molecule has 174 valence electrons. The molecule has 0 aliphatic carbocycles. The molecular weight excluding hydrogens is 396 g/mol. The zero-order chi connectivity index (χ0) is 23.0. The van der Waals surface area contributed by atoms with E-state index in [4.69, 9.17) is 0 Å². The Morgan fingerprint density at radius 1 is 0.781 bits per heavy atom. The smallest absolute Gasteiger partial charge is 0.222 e. The molecule has 0 fully saturated rings. The van der Waals surface area contributed by atoms with Gasteiger partial charge in [0.1, 0.15) is 0 Å². The highest BCUT2D eigenvalue weighted by atomic mass is 16.2. The summed E-state index contributed by atoms with van der Waals surface area (Å²) in [6.45, 7) is 5.70. The van der Waals surface area contributed by atoms with E-state index in [-0.39, 0.29) is 17.9 Å². The molecule has 0 aliphatic rings. The maximum Gasteiger partial charge on any atom is 0.222 e. The first-order valence-corrected chi connectivity index (χ1v) is 12.3. The lowest BCUT2D eigenvalue weighted by Crippen LogP contribution is -2.34. The third-order valence-corrected chi connectivity index (χ3v) is 5.74. The number of unbranched alkanes of at least 4 members (excludes halogenated alkanes) is 3. The molecule has 0 aliphatic heterocycles. The van der Waals surface area contributed by atoms with Crippen molar-refractivity contribution in [3.05, 3.63) is 71.8 Å². The van der Waals surface area contributed by atoms with Crippen LogP contribution in [0.3, 0.4) is 0 Å². The summed E-state index contributed by atoms with van der Waals surface area (Å²) in [5.74, 6) is 0.274. The summed E-state index contributed by atoms with van der Waals surface area (Å²) >= 11 is 0. The summed E-state index contributed by atoms with van der Waals surface area (Å²) in [6.07, 6.45) is 7.90. The molecule has 2 amide bonds. The normalized spacial score (nSPS) is 11.7. The fourth-order valence-electron chi connectivity index (χ4n) is 3.98. The van der Waals surface area contributed by atoms with Crippen LogP contribution in [0, 0.1) is 0 Å². The van der Waals surface area contributed by atoms with Gasteiger partial charge in [-0.2, -0.15) is 0 Å². The molecule has 0 saturated carbocycles.